The second-order valence-corrected chi connectivity index (χ2v) is 20.9. The largest absolute Gasteiger partial charge is 0.481 e. The average Bonchev–Trinajstić information content (AvgIpc) is 3.65. The number of hydrogen-bond donors (Lipinski definition) is 18. The van der Waals surface area contributed by atoms with Crippen LogP contribution in [-0.2, 0) is 62.3 Å². The molecule has 0 aromatic rings. The van der Waals surface area contributed by atoms with Crippen molar-refractivity contribution in [1.29, 1.82) is 0 Å². The summed E-state index contributed by atoms with van der Waals surface area (Å²) < 4.78 is 5.28. The Morgan fingerprint density at radius 3 is 1.60 bits per heavy atom. The number of nitrogens with one attached hydrogen (secondary N) is 9. The smallest absolute Gasteiger partial charge is 0.335 e. The number of rotatable bonds is 30. The quantitative estimate of drug-likeness (QED) is 0.0140. The molecule has 0 aliphatic carbocycles. The van der Waals surface area contributed by atoms with Crippen molar-refractivity contribution < 1.29 is 92.9 Å². The van der Waals surface area contributed by atoms with Crippen molar-refractivity contribution in [1.82, 2.24) is 47.9 Å². The fraction of sp³-hybridized carbons (Fsp3) is 0.736. The third-order valence-electron chi connectivity index (χ3n) is 13.5. The van der Waals surface area contributed by atoms with E-state index >= 15 is 0 Å². The SMILES string of the molecule is C/C=C1\NC(=O)[C@H]([C@H](C)O)NC(=O)[C@H](CCN)NC(=O)[C@H](CCCCN)NC(=O)[C@H](CC(=O)O)NC(=O)[C@@H](CCN)NC(=O)[C@@H](NC(=O)CC(O)CCCCCCCCCCCCC)COC(=O)[C@H]([C@H](O)CCl)NC(=O)[C@H]([C@H](O)C(=O)O)NC1=O. The van der Waals surface area contributed by atoms with Gasteiger partial charge in [0, 0.05) is 0 Å². The van der Waals surface area contributed by atoms with E-state index in [1.165, 1.54) is 26.2 Å². The number of esters is 1. The van der Waals surface area contributed by atoms with Gasteiger partial charge in [-0.2, -0.15) is 0 Å². The lowest BCUT2D eigenvalue weighted by atomic mass is 10.0. The van der Waals surface area contributed by atoms with Crippen LogP contribution in [0.2, 0.25) is 0 Å². The summed E-state index contributed by atoms with van der Waals surface area (Å²) >= 11 is 5.86. The monoisotopic (exact) mass is 1230 g/mol. The lowest BCUT2D eigenvalue weighted by molar-refractivity contribution is -0.155. The fourth-order valence-electron chi connectivity index (χ4n) is 8.58. The Morgan fingerprint density at radius 2 is 1.11 bits per heavy atom. The standard InChI is InChI=1S/C53H91ClN12O19/c1-4-6-7-8-9-10-11-12-13-14-15-18-30(68)25-38(70)58-36-28-85-53(84)41(37(69)27-54)65-51(81)42(43(73)52(82)83)66-44(74)31(5-2)59-50(80)40(29(3)67)64-47(77)34(21-24-57)61-45(75)32(19-16-17-22-55)60-48(78)35(26-39(71)72)63-46(76)33(20-23-56)62-49(36)79/h5,29-30,32-37,40-43,67-69,73H,4,6-28,55-57H2,1-3H3,(H,58,70)(H,59,80)(H,60,78)(H,61,75)(H,62,79)(H,63,76)(H,64,77)(H,65,81)(H,66,74)(H,71,72)(H,82,83)/b31-5-/t29-,30?,32-,33+,34-,35-,36-,37+,40-,41-,42-,43-/m0/s1. The minimum Gasteiger partial charge on any atom is -0.481 e. The molecule has 9 amide bonds. The maximum atomic E-state index is 14.2. The molecular formula is C53H91ClN12O19. The Bertz CT molecular complexity index is 2230. The van der Waals surface area contributed by atoms with Gasteiger partial charge in [0.05, 0.1) is 37.0 Å². The number of unbranched alkanes of at least 4 members (excludes halogenated alkanes) is 11. The molecule has 1 saturated heterocycles. The predicted octanol–water partition coefficient (Wildman–Crippen LogP) is -4.38. The van der Waals surface area contributed by atoms with Crippen molar-refractivity contribution in [2.75, 3.05) is 32.1 Å². The molecule has 32 heteroatoms. The number of nitrogens with two attached hydrogens (primary N) is 3. The lowest BCUT2D eigenvalue weighted by Crippen LogP contribution is -2.62. The number of aliphatic hydroxyl groups is 4. The third-order valence-corrected chi connectivity index (χ3v) is 13.8. The van der Waals surface area contributed by atoms with Crippen LogP contribution in [0.3, 0.4) is 0 Å². The van der Waals surface area contributed by atoms with Crippen LogP contribution in [0, 0.1) is 0 Å². The first-order valence-corrected chi connectivity index (χ1v) is 29.2. The van der Waals surface area contributed by atoms with E-state index in [4.69, 9.17) is 33.5 Å². The molecule has 1 aliphatic rings. The first kappa shape index (κ1) is 76.4. The minimum absolute atomic E-state index is 0.123. The molecule has 31 nitrogen and oxygen atoms in total. The van der Waals surface area contributed by atoms with E-state index in [-0.39, 0.29) is 45.3 Å². The molecule has 0 saturated carbocycles. The van der Waals surface area contributed by atoms with Crippen LogP contribution >= 0.6 is 11.6 Å². The molecule has 0 aromatic heterocycles. The summed E-state index contributed by atoms with van der Waals surface area (Å²) in [6, 6.07) is -15.8. The topological polar surface area (TPSA) is 522 Å². The number of ether oxygens (including phenoxy) is 1. The van der Waals surface area contributed by atoms with Crippen LogP contribution in [0.25, 0.3) is 0 Å². The summed E-state index contributed by atoms with van der Waals surface area (Å²) in [5.41, 5.74) is 16.4. The highest BCUT2D eigenvalue weighted by Gasteiger charge is 2.41. The third kappa shape index (κ3) is 29.4. The van der Waals surface area contributed by atoms with Crippen LogP contribution < -0.4 is 65.1 Å². The van der Waals surface area contributed by atoms with Gasteiger partial charge in [0.25, 0.3) is 5.91 Å². The zero-order chi connectivity index (χ0) is 64.2. The van der Waals surface area contributed by atoms with Crippen molar-refractivity contribution >= 4 is 82.7 Å². The highest BCUT2D eigenvalue weighted by Crippen LogP contribution is 2.15. The highest BCUT2D eigenvalue weighted by atomic mass is 35.5. The maximum absolute atomic E-state index is 14.2. The Morgan fingerprint density at radius 1 is 0.612 bits per heavy atom. The average molecular weight is 1240 g/mol. The fourth-order valence-corrected chi connectivity index (χ4v) is 8.76. The Labute approximate surface area is 498 Å². The first-order chi connectivity index (χ1) is 40.3. The second kappa shape index (κ2) is 42.2. The van der Waals surface area contributed by atoms with Crippen molar-refractivity contribution in [3.63, 3.8) is 0 Å². The number of carboxylic acids is 2. The van der Waals surface area contributed by atoms with Crippen LogP contribution in [0.5, 0.6) is 0 Å². The molecule has 1 heterocycles. The van der Waals surface area contributed by atoms with Gasteiger partial charge in [-0.15, -0.1) is 11.6 Å². The van der Waals surface area contributed by atoms with Gasteiger partial charge in [-0.1, -0.05) is 83.6 Å². The van der Waals surface area contributed by atoms with E-state index in [1.807, 2.05) is 10.6 Å². The normalized spacial score (nSPS) is 24.2. The number of aliphatic hydroxyl groups excluding tert-OH is 4. The number of alkyl halides is 1. The van der Waals surface area contributed by atoms with Crippen molar-refractivity contribution in [2.24, 2.45) is 17.2 Å². The number of carboxylic acid groups (broad SMARTS) is 2. The number of halogens is 1. The summed E-state index contributed by atoms with van der Waals surface area (Å²) in [6.45, 7) is 2.65. The number of hydrogen-bond acceptors (Lipinski definition) is 20. The van der Waals surface area contributed by atoms with E-state index in [1.54, 1.807) is 0 Å². The van der Waals surface area contributed by atoms with Gasteiger partial charge in [-0.25, -0.2) is 9.59 Å². The number of allylic oxidation sites excluding steroid dienone is 1. The molecule has 0 spiro atoms. The summed E-state index contributed by atoms with van der Waals surface area (Å²) in [4.78, 5) is 163. The second-order valence-electron chi connectivity index (χ2n) is 20.6. The Kier molecular flexibility index (Phi) is 38.0. The summed E-state index contributed by atoms with van der Waals surface area (Å²) in [6.07, 6.45) is 2.18. The molecule has 1 unspecified atom stereocenters. The minimum atomic E-state index is -2.83. The molecule has 0 bridgehead atoms. The predicted molar refractivity (Wildman–Crippen MR) is 305 cm³/mol. The van der Waals surface area contributed by atoms with Crippen LogP contribution in [0.1, 0.15) is 143 Å². The lowest BCUT2D eigenvalue weighted by Gasteiger charge is -2.28. The number of aliphatic carboxylic acids is 2. The molecule has 0 aromatic carbocycles. The van der Waals surface area contributed by atoms with Crippen LogP contribution in [-0.4, -0.2) is 207 Å². The molecule has 1 fully saturated rings. The van der Waals surface area contributed by atoms with Gasteiger partial charge >= 0.3 is 17.9 Å². The van der Waals surface area contributed by atoms with Gasteiger partial charge in [-0.05, 0) is 72.0 Å². The van der Waals surface area contributed by atoms with Gasteiger partial charge in [0.2, 0.25) is 47.3 Å². The molecule has 1 aliphatic heterocycles. The van der Waals surface area contributed by atoms with Crippen LogP contribution in [0.4, 0.5) is 0 Å². The van der Waals surface area contributed by atoms with E-state index in [9.17, 15) is 88.2 Å². The summed E-state index contributed by atoms with van der Waals surface area (Å²) in [7, 11) is 0. The van der Waals surface area contributed by atoms with Crippen LogP contribution in [0.15, 0.2) is 11.8 Å². The molecule has 85 heavy (non-hydrogen) atoms. The Balaban J connectivity index is 3.95. The van der Waals surface area contributed by atoms with Crippen molar-refractivity contribution in [3.8, 4) is 0 Å². The van der Waals surface area contributed by atoms with E-state index in [2.05, 4.69) is 44.1 Å². The maximum Gasteiger partial charge on any atom is 0.335 e. The van der Waals surface area contributed by atoms with Gasteiger partial charge in [-0.3, -0.25) is 47.9 Å². The number of amides is 9. The first-order valence-electron chi connectivity index (χ1n) is 28.7. The van der Waals surface area contributed by atoms with E-state index in [0.29, 0.717) is 12.8 Å². The van der Waals surface area contributed by atoms with Gasteiger partial charge in [0.1, 0.15) is 54.6 Å². The zero-order valence-electron chi connectivity index (χ0n) is 48.6. The van der Waals surface area contributed by atoms with Gasteiger partial charge < -0.3 is 100 Å². The summed E-state index contributed by atoms with van der Waals surface area (Å²) in [5.74, 6) is -17.8. The molecule has 21 N–H and O–H groups in total. The molecule has 0 radical (unpaired) electrons. The zero-order valence-corrected chi connectivity index (χ0v) is 49.3. The molecule has 1 rings (SSSR count). The molecular weight excluding hydrogens is 1140 g/mol. The Hall–Kier alpha value is -6.61. The van der Waals surface area contributed by atoms with E-state index < -0.39 is 181 Å². The van der Waals surface area contributed by atoms with E-state index in [0.717, 1.165) is 57.9 Å². The van der Waals surface area contributed by atoms with Crippen molar-refractivity contribution in [2.45, 2.75) is 216 Å². The number of carbonyl (C=O) groups is 12. The summed E-state index contributed by atoms with van der Waals surface area (Å²) in [5, 5.41) is 82.3. The molecule has 484 valence electrons. The van der Waals surface area contributed by atoms with Crippen molar-refractivity contribution in [3.05, 3.63) is 11.8 Å². The highest BCUT2D eigenvalue weighted by molar-refractivity contribution is 6.18. The van der Waals surface area contributed by atoms with Gasteiger partial charge in [0.15, 0.2) is 12.1 Å². The number of cyclic esters (lactones) is 1. The molecule has 12 atom stereocenters. The number of carbonyl (C=O) groups excluding carboxylic acids is 10.